The van der Waals surface area contributed by atoms with Gasteiger partial charge >= 0.3 is 0 Å². The van der Waals surface area contributed by atoms with Crippen LogP contribution in [0.1, 0.15) is 6.92 Å². The summed E-state index contributed by atoms with van der Waals surface area (Å²) < 4.78 is 0. The number of nitrogens with zero attached hydrogens (tertiary/aromatic N) is 2. The number of hydrogen-bond acceptors (Lipinski definition) is 4. The molecule has 1 unspecified atom stereocenters. The van der Waals surface area contributed by atoms with E-state index in [-0.39, 0.29) is 12.6 Å². The minimum Gasteiger partial charge on any atom is -0.394 e. The van der Waals surface area contributed by atoms with Crippen molar-refractivity contribution in [2.24, 2.45) is 0 Å². The summed E-state index contributed by atoms with van der Waals surface area (Å²) in [5.41, 5.74) is 1.76. The summed E-state index contributed by atoms with van der Waals surface area (Å²) in [5.74, 6) is 0. The minimum atomic E-state index is 0.0117. The van der Waals surface area contributed by atoms with Crippen LogP contribution in [0.2, 0.25) is 0 Å². The lowest BCUT2D eigenvalue weighted by Gasteiger charge is -2.13. The van der Waals surface area contributed by atoms with E-state index in [1.807, 2.05) is 31.2 Å². The van der Waals surface area contributed by atoms with E-state index in [4.69, 9.17) is 5.11 Å². The molecule has 4 nitrogen and oxygen atoms in total. The van der Waals surface area contributed by atoms with Crippen molar-refractivity contribution in [3.05, 3.63) is 30.5 Å². The molecule has 0 amide bonds. The maximum atomic E-state index is 8.97. The summed E-state index contributed by atoms with van der Waals surface area (Å²) in [6.07, 6.45) is 1.68. The summed E-state index contributed by atoms with van der Waals surface area (Å²) in [6, 6.07) is 7.79. The van der Waals surface area contributed by atoms with Gasteiger partial charge in [-0.15, -0.1) is 0 Å². The molecule has 0 fully saturated rings. The molecule has 0 aliphatic heterocycles. The Bertz CT molecular complexity index is 453. The van der Waals surface area contributed by atoms with Crippen molar-refractivity contribution in [1.29, 1.82) is 0 Å². The van der Waals surface area contributed by atoms with Gasteiger partial charge in [0.15, 0.2) is 0 Å². The average Bonchev–Trinajstić information content (AvgIpc) is 2.29. The molecular weight excluding hydrogens is 190 g/mol. The van der Waals surface area contributed by atoms with Crippen LogP contribution in [0.3, 0.4) is 0 Å². The van der Waals surface area contributed by atoms with Crippen molar-refractivity contribution in [1.82, 2.24) is 10.2 Å². The lowest BCUT2D eigenvalue weighted by Crippen LogP contribution is -2.19. The average molecular weight is 203 g/mol. The largest absolute Gasteiger partial charge is 0.394 e. The van der Waals surface area contributed by atoms with Crippen molar-refractivity contribution < 1.29 is 5.11 Å². The zero-order valence-electron chi connectivity index (χ0n) is 8.51. The van der Waals surface area contributed by atoms with Gasteiger partial charge < -0.3 is 10.4 Å². The Kier molecular flexibility index (Phi) is 2.78. The van der Waals surface area contributed by atoms with Gasteiger partial charge in [-0.2, -0.15) is 10.2 Å². The lowest BCUT2D eigenvalue weighted by atomic mass is 10.2. The van der Waals surface area contributed by atoms with Crippen LogP contribution in [-0.2, 0) is 0 Å². The fourth-order valence-corrected chi connectivity index (χ4v) is 1.43. The van der Waals surface area contributed by atoms with Crippen LogP contribution in [-0.4, -0.2) is 28.0 Å². The fourth-order valence-electron chi connectivity index (χ4n) is 1.43. The first-order chi connectivity index (χ1) is 7.31. The molecule has 2 rings (SSSR count). The predicted molar refractivity (Wildman–Crippen MR) is 59.7 cm³/mol. The second kappa shape index (κ2) is 4.23. The van der Waals surface area contributed by atoms with Crippen LogP contribution >= 0.6 is 0 Å². The van der Waals surface area contributed by atoms with E-state index in [2.05, 4.69) is 15.5 Å². The van der Waals surface area contributed by atoms with Crippen molar-refractivity contribution in [2.75, 3.05) is 11.9 Å². The smallest absolute Gasteiger partial charge is 0.0950 e. The Morgan fingerprint density at radius 1 is 1.40 bits per heavy atom. The molecule has 1 aromatic heterocycles. The lowest BCUT2D eigenvalue weighted by molar-refractivity contribution is 0.281. The first-order valence-corrected chi connectivity index (χ1v) is 4.89. The monoisotopic (exact) mass is 203 g/mol. The third kappa shape index (κ3) is 2.05. The van der Waals surface area contributed by atoms with Gasteiger partial charge in [-0.05, 0) is 13.0 Å². The highest BCUT2D eigenvalue weighted by molar-refractivity contribution is 5.90. The number of aliphatic hydroxyl groups is 1. The van der Waals surface area contributed by atoms with E-state index in [9.17, 15) is 0 Å². The summed E-state index contributed by atoms with van der Waals surface area (Å²) in [7, 11) is 0. The second-order valence-corrected chi connectivity index (χ2v) is 3.50. The molecule has 0 saturated heterocycles. The van der Waals surface area contributed by atoms with Gasteiger partial charge in [-0.3, -0.25) is 0 Å². The fraction of sp³-hybridized carbons (Fsp3) is 0.273. The van der Waals surface area contributed by atoms with E-state index < -0.39 is 0 Å². The summed E-state index contributed by atoms with van der Waals surface area (Å²) in [6.45, 7) is 2.01. The van der Waals surface area contributed by atoms with Crippen LogP contribution < -0.4 is 5.32 Å². The maximum absolute atomic E-state index is 8.97. The van der Waals surface area contributed by atoms with E-state index in [1.54, 1.807) is 6.20 Å². The molecule has 0 bridgehead atoms. The van der Waals surface area contributed by atoms with Crippen LogP contribution in [0, 0.1) is 0 Å². The molecule has 0 aliphatic carbocycles. The predicted octanol–water partition coefficient (Wildman–Crippen LogP) is 1.42. The van der Waals surface area contributed by atoms with Crippen LogP contribution in [0.4, 0.5) is 5.69 Å². The highest BCUT2D eigenvalue weighted by atomic mass is 16.3. The molecular formula is C11H13N3O. The molecule has 15 heavy (non-hydrogen) atoms. The van der Waals surface area contributed by atoms with Crippen LogP contribution in [0.5, 0.6) is 0 Å². The summed E-state index contributed by atoms with van der Waals surface area (Å²) >= 11 is 0. The standard InChI is InChI=1S/C11H13N3O/c1-8(7-15)13-11-6-12-14-10-5-3-2-4-9(10)11/h2-6,8,15H,7H2,1H3,(H,13,14). The number of fused-ring (bicyclic) bond motifs is 1. The molecule has 78 valence electrons. The topological polar surface area (TPSA) is 58.0 Å². The van der Waals surface area contributed by atoms with E-state index >= 15 is 0 Å². The number of hydrogen-bond donors (Lipinski definition) is 2. The zero-order chi connectivity index (χ0) is 10.7. The SMILES string of the molecule is CC(CO)Nc1cnnc2ccccc12. The van der Waals surface area contributed by atoms with E-state index in [0.717, 1.165) is 16.6 Å². The quantitative estimate of drug-likeness (QED) is 0.792. The van der Waals surface area contributed by atoms with Crippen LogP contribution in [0.25, 0.3) is 10.9 Å². The van der Waals surface area contributed by atoms with E-state index in [1.165, 1.54) is 0 Å². The summed E-state index contributed by atoms with van der Waals surface area (Å²) in [5, 5.41) is 21.1. The van der Waals surface area contributed by atoms with Crippen molar-refractivity contribution in [2.45, 2.75) is 13.0 Å². The van der Waals surface area contributed by atoms with Gasteiger partial charge in [0.2, 0.25) is 0 Å². The number of rotatable bonds is 3. The maximum Gasteiger partial charge on any atom is 0.0950 e. The number of benzene rings is 1. The van der Waals surface area contributed by atoms with Gasteiger partial charge in [0.05, 0.1) is 24.0 Å². The Morgan fingerprint density at radius 3 is 3.00 bits per heavy atom. The molecule has 1 atom stereocenters. The van der Waals surface area contributed by atoms with Gasteiger partial charge in [-0.25, -0.2) is 0 Å². The van der Waals surface area contributed by atoms with Gasteiger partial charge in [-0.1, -0.05) is 18.2 Å². The minimum absolute atomic E-state index is 0.0117. The molecule has 1 aromatic carbocycles. The van der Waals surface area contributed by atoms with Crippen molar-refractivity contribution >= 4 is 16.6 Å². The normalized spacial score (nSPS) is 12.7. The van der Waals surface area contributed by atoms with Gasteiger partial charge in [0, 0.05) is 11.4 Å². The molecule has 0 saturated carbocycles. The summed E-state index contributed by atoms with van der Waals surface area (Å²) in [4.78, 5) is 0. The third-order valence-corrected chi connectivity index (χ3v) is 2.22. The Hall–Kier alpha value is -1.68. The van der Waals surface area contributed by atoms with Gasteiger partial charge in [0.1, 0.15) is 0 Å². The Labute approximate surface area is 88.0 Å². The number of anilines is 1. The number of nitrogens with one attached hydrogen (secondary N) is 1. The molecule has 2 aromatic rings. The Morgan fingerprint density at radius 2 is 2.20 bits per heavy atom. The molecule has 0 radical (unpaired) electrons. The molecule has 0 aliphatic rings. The van der Waals surface area contributed by atoms with Crippen LogP contribution in [0.15, 0.2) is 30.5 Å². The van der Waals surface area contributed by atoms with E-state index in [0.29, 0.717) is 0 Å². The molecule has 4 heteroatoms. The molecule has 0 spiro atoms. The zero-order valence-corrected chi connectivity index (χ0v) is 8.51. The Balaban J connectivity index is 2.42. The second-order valence-electron chi connectivity index (χ2n) is 3.50. The third-order valence-electron chi connectivity index (χ3n) is 2.22. The van der Waals surface area contributed by atoms with Crippen molar-refractivity contribution in [3.8, 4) is 0 Å². The number of aromatic nitrogens is 2. The highest BCUT2D eigenvalue weighted by Crippen LogP contribution is 2.20. The highest BCUT2D eigenvalue weighted by Gasteiger charge is 2.04. The molecule has 1 heterocycles. The first kappa shape index (κ1) is 9.86. The molecule has 2 N–H and O–H groups in total. The van der Waals surface area contributed by atoms with Crippen molar-refractivity contribution in [3.63, 3.8) is 0 Å². The number of aliphatic hydroxyl groups excluding tert-OH is 1. The first-order valence-electron chi connectivity index (χ1n) is 4.89. The van der Waals surface area contributed by atoms with Gasteiger partial charge in [0.25, 0.3) is 0 Å².